The number of likely N-dealkylation sites (N-methyl/N-ethyl adjacent to an activating group) is 1. The van der Waals surface area contributed by atoms with Gasteiger partial charge in [0.25, 0.3) is 5.91 Å². The first-order chi connectivity index (χ1) is 9.46. The Morgan fingerprint density at radius 2 is 2.00 bits per heavy atom. The predicted octanol–water partition coefficient (Wildman–Crippen LogP) is 2.13. The lowest BCUT2D eigenvalue weighted by molar-refractivity contribution is -0.189. The third-order valence-corrected chi connectivity index (χ3v) is 4.74. The Balaban J connectivity index is 1.89. The molecule has 116 valence electrons. The summed E-state index contributed by atoms with van der Waals surface area (Å²) in [7, 11) is 0. The maximum Gasteiger partial charge on any atom is 0.251 e. The van der Waals surface area contributed by atoms with E-state index in [9.17, 15) is 4.79 Å². The van der Waals surface area contributed by atoms with E-state index in [1.165, 1.54) is 13.0 Å². The topological polar surface area (TPSA) is 32.8 Å². The molecule has 0 bridgehead atoms. The summed E-state index contributed by atoms with van der Waals surface area (Å²) in [6, 6.07) is 0. The molecule has 20 heavy (non-hydrogen) atoms. The van der Waals surface area contributed by atoms with Crippen molar-refractivity contribution in [3.05, 3.63) is 0 Å². The Morgan fingerprint density at radius 1 is 1.35 bits per heavy atom. The van der Waals surface area contributed by atoms with Gasteiger partial charge in [0.2, 0.25) is 0 Å². The number of amides is 1. The number of carbonyl (C=O) groups is 1. The summed E-state index contributed by atoms with van der Waals surface area (Å²) in [6.07, 6.45) is 3.10. The molecule has 2 saturated heterocycles. The van der Waals surface area contributed by atoms with Gasteiger partial charge >= 0.3 is 0 Å². The SMILES string of the molecule is CCN1CC2(CCN(CCC(C)C)CC2)O[C@H](C)C1=O. The molecule has 2 fully saturated rings. The van der Waals surface area contributed by atoms with Gasteiger partial charge in [0, 0.05) is 26.2 Å². The zero-order valence-electron chi connectivity index (χ0n) is 13.5. The van der Waals surface area contributed by atoms with Gasteiger partial charge in [-0.2, -0.15) is 0 Å². The minimum Gasteiger partial charge on any atom is -0.360 e. The van der Waals surface area contributed by atoms with Crippen molar-refractivity contribution in [2.45, 2.75) is 58.7 Å². The number of hydrogen-bond donors (Lipinski definition) is 0. The lowest BCUT2D eigenvalue weighted by Crippen LogP contribution is -2.61. The second-order valence-electron chi connectivity index (χ2n) is 6.82. The van der Waals surface area contributed by atoms with Crippen LogP contribution in [0.3, 0.4) is 0 Å². The first-order valence-corrected chi connectivity index (χ1v) is 8.15. The van der Waals surface area contributed by atoms with E-state index in [1.807, 2.05) is 11.8 Å². The van der Waals surface area contributed by atoms with Crippen LogP contribution in [0.2, 0.25) is 0 Å². The van der Waals surface area contributed by atoms with Crippen molar-refractivity contribution in [1.82, 2.24) is 9.80 Å². The maximum atomic E-state index is 12.0. The van der Waals surface area contributed by atoms with Gasteiger partial charge in [0.1, 0.15) is 6.10 Å². The zero-order valence-corrected chi connectivity index (χ0v) is 13.5. The van der Waals surface area contributed by atoms with Gasteiger partial charge in [-0.3, -0.25) is 4.79 Å². The molecule has 1 amide bonds. The van der Waals surface area contributed by atoms with Crippen LogP contribution in [0.1, 0.15) is 47.0 Å². The first-order valence-electron chi connectivity index (χ1n) is 8.15. The smallest absolute Gasteiger partial charge is 0.251 e. The third kappa shape index (κ3) is 3.53. The monoisotopic (exact) mass is 282 g/mol. The molecule has 0 aromatic heterocycles. The van der Waals surface area contributed by atoms with Crippen molar-refractivity contribution in [2.75, 3.05) is 32.7 Å². The molecule has 0 unspecified atom stereocenters. The molecule has 1 atom stereocenters. The van der Waals surface area contributed by atoms with Gasteiger partial charge in [-0.25, -0.2) is 0 Å². The fraction of sp³-hybridized carbons (Fsp3) is 0.938. The number of morpholine rings is 1. The fourth-order valence-electron chi connectivity index (χ4n) is 3.31. The van der Waals surface area contributed by atoms with Crippen LogP contribution in [-0.2, 0) is 9.53 Å². The standard InChI is InChI=1S/C16H30N2O2/c1-5-18-12-16(20-14(4)15(18)19)7-10-17(11-8-16)9-6-13(2)3/h13-14H,5-12H2,1-4H3/t14-/m1/s1. The lowest BCUT2D eigenvalue weighted by atomic mass is 9.88. The molecular formula is C16H30N2O2. The van der Waals surface area contributed by atoms with Crippen LogP contribution in [0.15, 0.2) is 0 Å². The van der Waals surface area contributed by atoms with Gasteiger partial charge in [-0.1, -0.05) is 13.8 Å². The summed E-state index contributed by atoms with van der Waals surface area (Å²) in [4.78, 5) is 16.5. The molecule has 2 aliphatic heterocycles. The van der Waals surface area contributed by atoms with Crippen LogP contribution in [0.25, 0.3) is 0 Å². The van der Waals surface area contributed by atoms with Crippen molar-refractivity contribution in [1.29, 1.82) is 0 Å². The molecule has 0 saturated carbocycles. The van der Waals surface area contributed by atoms with Crippen LogP contribution in [0, 0.1) is 5.92 Å². The summed E-state index contributed by atoms with van der Waals surface area (Å²) in [5.74, 6) is 0.922. The van der Waals surface area contributed by atoms with E-state index >= 15 is 0 Å². The molecule has 4 heteroatoms. The summed E-state index contributed by atoms with van der Waals surface area (Å²) in [6.45, 7) is 13.5. The second kappa shape index (κ2) is 6.44. The minimum absolute atomic E-state index is 0.0856. The molecule has 0 radical (unpaired) electrons. The molecule has 2 rings (SSSR count). The number of rotatable bonds is 4. The Hall–Kier alpha value is -0.610. The highest BCUT2D eigenvalue weighted by molar-refractivity contribution is 5.81. The number of likely N-dealkylation sites (tertiary alicyclic amines) is 1. The Labute approximate surface area is 123 Å². The van der Waals surface area contributed by atoms with Crippen molar-refractivity contribution in [2.24, 2.45) is 5.92 Å². The average Bonchev–Trinajstić information content (AvgIpc) is 2.42. The summed E-state index contributed by atoms with van der Waals surface area (Å²) < 4.78 is 6.12. The van der Waals surface area contributed by atoms with Crippen LogP contribution >= 0.6 is 0 Å². The van der Waals surface area contributed by atoms with Gasteiger partial charge in [0.05, 0.1) is 5.60 Å². The highest BCUT2D eigenvalue weighted by Crippen LogP contribution is 2.32. The molecule has 0 aromatic carbocycles. The predicted molar refractivity (Wildman–Crippen MR) is 80.7 cm³/mol. The van der Waals surface area contributed by atoms with Gasteiger partial charge < -0.3 is 14.5 Å². The van der Waals surface area contributed by atoms with Crippen molar-refractivity contribution >= 4 is 5.91 Å². The second-order valence-corrected chi connectivity index (χ2v) is 6.82. The van der Waals surface area contributed by atoms with E-state index < -0.39 is 0 Å². The molecule has 0 aliphatic carbocycles. The van der Waals surface area contributed by atoms with Gasteiger partial charge in [-0.15, -0.1) is 0 Å². The molecule has 4 nitrogen and oxygen atoms in total. The minimum atomic E-state index is -0.272. The quantitative estimate of drug-likeness (QED) is 0.792. The number of ether oxygens (including phenoxy) is 1. The van der Waals surface area contributed by atoms with E-state index in [-0.39, 0.29) is 17.6 Å². The summed E-state index contributed by atoms with van der Waals surface area (Å²) in [5.41, 5.74) is -0.0856. The van der Waals surface area contributed by atoms with Crippen LogP contribution in [-0.4, -0.2) is 60.1 Å². The lowest BCUT2D eigenvalue weighted by Gasteiger charge is -2.49. The van der Waals surface area contributed by atoms with E-state index in [4.69, 9.17) is 4.74 Å². The molecule has 2 heterocycles. The Bertz CT molecular complexity index is 335. The largest absolute Gasteiger partial charge is 0.360 e. The van der Waals surface area contributed by atoms with Crippen molar-refractivity contribution in [3.8, 4) is 0 Å². The average molecular weight is 282 g/mol. The van der Waals surface area contributed by atoms with Crippen LogP contribution in [0.4, 0.5) is 0 Å². The van der Waals surface area contributed by atoms with E-state index in [1.54, 1.807) is 0 Å². The van der Waals surface area contributed by atoms with Crippen molar-refractivity contribution < 1.29 is 9.53 Å². The van der Waals surface area contributed by atoms with E-state index in [2.05, 4.69) is 25.7 Å². The maximum absolute atomic E-state index is 12.0. The number of nitrogens with zero attached hydrogens (tertiary/aromatic N) is 2. The molecule has 0 aromatic rings. The number of hydrogen-bond acceptors (Lipinski definition) is 3. The van der Waals surface area contributed by atoms with E-state index in [0.29, 0.717) is 0 Å². The number of piperidine rings is 1. The fourth-order valence-corrected chi connectivity index (χ4v) is 3.31. The Morgan fingerprint density at radius 3 is 2.55 bits per heavy atom. The van der Waals surface area contributed by atoms with Crippen LogP contribution in [0.5, 0.6) is 0 Å². The molecule has 0 N–H and O–H groups in total. The van der Waals surface area contributed by atoms with Gasteiger partial charge in [-0.05, 0) is 45.6 Å². The highest BCUT2D eigenvalue weighted by atomic mass is 16.5. The van der Waals surface area contributed by atoms with Gasteiger partial charge in [0.15, 0.2) is 0 Å². The molecule has 1 spiro atoms. The molecule has 2 aliphatic rings. The zero-order chi connectivity index (χ0) is 14.8. The third-order valence-electron chi connectivity index (χ3n) is 4.74. The summed E-state index contributed by atoms with van der Waals surface area (Å²) in [5, 5.41) is 0. The highest BCUT2D eigenvalue weighted by Gasteiger charge is 2.44. The Kier molecular flexibility index (Phi) is 5.08. The van der Waals surface area contributed by atoms with Crippen LogP contribution < -0.4 is 0 Å². The van der Waals surface area contributed by atoms with Crippen molar-refractivity contribution in [3.63, 3.8) is 0 Å². The molecular weight excluding hydrogens is 252 g/mol. The number of carbonyl (C=O) groups excluding carboxylic acids is 1. The first kappa shape index (κ1) is 15.8. The van der Waals surface area contributed by atoms with E-state index in [0.717, 1.165) is 44.9 Å². The normalized spacial score (nSPS) is 27.6. The summed E-state index contributed by atoms with van der Waals surface area (Å²) >= 11 is 0.